The standard InChI is InChI=1S/C10H16F2N4O2S/c1-7(2)16-6-14-15-9(16)19-3-8(18)13-4-10(11,12)5-17/h6-7,17H,3-5H2,1-2H3,(H,13,18). The minimum absolute atomic E-state index is 0.0348. The predicted octanol–water partition coefficient (Wildman–Crippen LogP) is 0.695. The minimum atomic E-state index is -3.29. The van der Waals surface area contributed by atoms with Crippen LogP contribution in [0.1, 0.15) is 19.9 Å². The molecule has 19 heavy (non-hydrogen) atoms. The average Bonchev–Trinajstić information content (AvgIpc) is 2.82. The highest BCUT2D eigenvalue weighted by molar-refractivity contribution is 7.99. The Morgan fingerprint density at radius 1 is 1.63 bits per heavy atom. The summed E-state index contributed by atoms with van der Waals surface area (Å²) < 4.78 is 27.2. The normalized spacial score (nSPS) is 11.9. The van der Waals surface area contributed by atoms with Gasteiger partial charge in [0.05, 0.1) is 12.3 Å². The van der Waals surface area contributed by atoms with Gasteiger partial charge in [-0.25, -0.2) is 8.78 Å². The number of nitrogens with one attached hydrogen (secondary N) is 1. The molecular weight excluding hydrogens is 278 g/mol. The molecule has 0 bridgehead atoms. The van der Waals surface area contributed by atoms with Crippen LogP contribution in [0.4, 0.5) is 8.78 Å². The molecule has 0 atom stereocenters. The van der Waals surface area contributed by atoms with E-state index in [1.54, 1.807) is 10.9 Å². The zero-order valence-corrected chi connectivity index (χ0v) is 11.5. The molecule has 108 valence electrons. The van der Waals surface area contributed by atoms with Crippen LogP contribution in [0.3, 0.4) is 0 Å². The Kier molecular flexibility index (Phi) is 5.67. The number of carbonyl (C=O) groups is 1. The third kappa shape index (κ3) is 5.11. The maximum atomic E-state index is 12.7. The van der Waals surface area contributed by atoms with Crippen LogP contribution in [-0.4, -0.2) is 50.6 Å². The van der Waals surface area contributed by atoms with Gasteiger partial charge >= 0.3 is 0 Å². The Hall–Kier alpha value is -1.22. The summed E-state index contributed by atoms with van der Waals surface area (Å²) in [7, 11) is 0. The molecule has 0 aliphatic rings. The van der Waals surface area contributed by atoms with Crippen molar-refractivity contribution in [3.63, 3.8) is 0 Å². The van der Waals surface area contributed by atoms with E-state index in [1.807, 2.05) is 13.8 Å². The van der Waals surface area contributed by atoms with Crippen LogP contribution in [0.2, 0.25) is 0 Å². The summed E-state index contributed by atoms with van der Waals surface area (Å²) in [5.74, 6) is -3.87. The van der Waals surface area contributed by atoms with E-state index in [0.29, 0.717) is 5.16 Å². The van der Waals surface area contributed by atoms with Gasteiger partial charge in [0.1, 0.15) is 12.9 Å². The second-order valence-corrected chi connectivity index (χ2v) is 5.14. The van der Waals surface area contributed by atoms with E-state index in [1.165, 1.54) is 0 Å². The Balaban J connectivity index is 2.40. The SMILES string of the molecule is CC(C)n1cnnc1SCC(=O)NCC(F)(F)CO. The van der Waals surface area contributed by atoms with Crippen molar-refractivity contribution < 1.29 is 18.7 Å². The molecule has 1 aromatic rings. The number of thioether (sulfide) groups is 1. The number of hydrogen-bond donors (Lipinski definition) is 2. The maximum absolute atomic E-state index is 12.7. The lowest BCUT2D eigenvalue weighted by Crippen LogP contribution is -2.39. The molecule has 0 spiro atoms. The molecule has 1 amide bonds. The first-order valence-electron chi connectivity index (χ1n) is 5.63. The van der Waals surface area contributed by atoms with Crippen molar-refractivity contribution in [2.45, 2.75) is 31.0 Å². The Labute approximate surface area is 113 Å². The monoisotopic (exact) mass is 294 g/mol. The summed E-state index contributed by atoms with van der Waals surface area (Å²) in [6.45, 7) is 1.71. The van der Waals surface area contributed by atoms with Crippen molar-refractivity contribution >= 4 is 17.7 Å². The molecule has 0 saturated carbocycles. The smallest absolute Gasteiger partial charge is 0.287 e. The fourth-order valence-electron chi connectivity index (χ4n) is 1.15. The van der Waals surface area contributed by atoms with Crippen LogP contribution in [0.15, 0.2) is 11.5 Å². The number of aromatic nitrogens is 3. The molecular formula is C10H16F2N4O2S. The predicted molar refractivity (Wildman–Crippen MR) is 66.2 cm³/mol. The molecule has 1 rings (SSSR count). The first kappa shape index (κ1) is 15.8. The number of carbonyl (C=O) groups excluding carboxylic acids is 1. The number of alkyl halides is 2. The molecule has 0 fully saturated rings. The van der Waals surface area contributed by atoms with Crippen LogP contribution in [0, 0.1) is 0 Å². The van der Waals surface area contributed by atoms with Crippen molar-refractivity contribution in [2.24, 2.45) is 0 Å². The van der Waals surface area contributed by atoms with Crippen LogP contribution in [0.25, 0.3) is 0 Å². The van der Waals surface area contributed by atoms with Crippen LogP contribution in [-0.2, 0) is 4.79 Å². The molecule has 1 aromatic heterocycles. The number of hydrogen-bond acceptors (Lipinski definition) is 5. The summed E-state index contributed by atoms with van der Waals surface area (Å²) in [6.07, 6.45) is 1.55. The van der Waals surface area contributed by atoms with Gasteiger partial charge in [-0.3, -0.25) is 4.79 Å². The highest BCUT2D eigenvalue weighted by Gasteiger charge is 2.28. The van der Waals surface area contributed by atoms with E-state index in [4.69, 9.17) is 5.11 Å². The van der Waals surface area contributed by atoms with Gasteiger partial charge in [0, 0.05) is 6.04 Å². The fourth-order valence-corrected chi connectivity index (χ4v) is 2.03. The van der Waals surface area contributed by atoms with E-state index >= 15 is 0 Å². The molecule has 9 heteroatoms. The number of rotatable bonds is 7. The van der Waals surface area contributed by atoms with Gasteiger partial charge in [-0.1, -0.05) is 11.8 Å². The molecule has 0 radical (unpaired) electrons. The molecule has 6 nitrogen and oxygen atoms in total. The number of aliphatic hydroxyl groups excluding tert-OH is 1. The summed E-state index contributed by atoms with van der Waals surface area (Å²) in [5, 5.41) is 18.5. The zero-order valence-electron chi connectivity index (χ0n) is 10.6. The molecule has 2 N–H and O–H groups in total. The minimum Gasteiger partial charge on any atom is -0.390 e. The van der Waals surface area contributed by atoms with Crippen molar-refractivity contribution in [1.29, 1.82) is 0 Å². The third-order valence-corrected chi connectivity index (χ3v) is 3.16. The van der Waals surface area contributed by atoms with Gasteiger partial charge in [-0.05, 0) is 13.8 Å². The summed E-state index contributed by atoms with van der Waals surface area (Å²) >= 11 is 1.12. The Morgan fingerprint density at radius 2 is 2.32 bits per heavy atom. The second kappa shape index (κ2) is 6.80. The van der Waals surface area contributed by atoms with E-state index in [9.17, 15) is 13.6 Å². The Morgan fingerprint density at radius 3 is 2.89 bits per heavy atom. The third-order valence-electron chi connectivity index (χ3n) is 2.20. The Bertz CT molecular complexity index is 425. The van der Waals surface area contributed by atoms with E-state index in [2.05, 4.69) is 15.5 Å². The van der Waals surface area contributed by atoms with Gasteiger partial charge in [0.15, 0.2) is 5.16 Å². The first-order valence-corrected chi connectivity index (χ1v) is 6.62. The van der Waals surface area contributed by atoms with E-state index in [0.717, 1.165) is 11.8 Å². The highest BCUT2D eigenvalue weighted by atomic mass is 32.2. The zero-order chi connectivity index (χ0) is 14.5. The van der Waals surface area contributed by atoms with Crippen molar-refractivity contribution in [3.8, 4) is 0 Å². The number of nitrogens with zero attached hydrogens (tertiary/aromatic N) is 3. The van der Waals surface area contributed by atoms with Gasteiger partial charge in [-0.15, -0.1) is 10.2 Å². The molecule has 1 heterocycles. The molecule has 0 aliphatic heterocycles. The first-order chi connectivity index (χ1) is 8.85. The van der Waals surface area contributed by atoms with Gasteiger partial charge in [0.2, 0.25) is 5.91 Å². The fraction of sp³-hybridized carbons (Fsp3) is 0.700. The largest absolute Gasteiger partial charge is 0.390 e. The molecule has 0 aliphatic carbocycles. The second-order valence-electron chi connectivity index (χ2n) is 4.19. The summed E-state index contributed by atoms with van der Waals surface area (Å²) in [4.78, 5) is 11.4. The lowest BCUT2D eigenvalue weighted by Gasteiger charge is -2.14. The highest BCUT2D eigenvalue weighted by Crippen LogP contribution is 2.18. The van der Waals surface area contributed by atoms with E-state index < -0.39 is 25.0 Å². The quantitative estimate of drug-likeness (QED) is 0.723. The van der Waals surface area contributed by atoms with Gasteiger partial charge in [0.25, 0.3) is 5.92 Å². The average molecular weight is 294 g/mol. The number of amides is 1. The van der Waals surface area contributed by atoms with Crippen LogP contribution >= 0.6 is 11.8 Å². The van der Waals surface area contributed by atoms with Crippen LogP contribution < -0.4 is 5.32 Å². The van der Waals surface area contributed by atoms with Crippen molar-refractivity contribution in [2.75, 3.05) is 18.9 Å². The summed E-state index contributed by atoms with van der Waals surface area (Å²) in [5.41, 5.74) is 0. The van der Waals surface area contributed by atoms with Gasteiger partial charge < -0.3 is 15.0 Å². The van der Waals surface area contributed by atoms with Crippen molar-refractivity contribution in [1.82, 2.24) is 20.1 Å². The molecule has 0 aromatic carbocycles. The van der Waals surface area contributed by atoms with Crippen LogP contribution in [0.5, 0.6) is 0 Å². The molecule has 0 saturated heterocycles. The van der Waals surface area contributed by atoms with Gasteiger partial charge in [-0.2, -0.15) is 0 Å². The maximum Gasteiger partial charge on any atom is 0.287 e. The number of aliphatic hydroxyl groups is 1. The lowest BCUT2D eigenvalue weighted by atomic mass is 10.3. The topological polar surface area (TPSA) is 80.0 Å². The lowest BCUT2D eigenvalue weighted by molar-refractivity contribution is -0.121. The summed E-state index contributed by atoms with van der Waals surface area (Å²) in [6, 6.07) is 0.152. The van der Waals surface area contributed by atoms with Crippen molar-refractivity contribution in [3.05, 3.63) is 6.33 Å². The number of halogens is 2. The van der Waals surface area contributed by atoms with E-state index in [-0.39, 0.29) is 11.8 Å². The molecule has 0 unspecified atom stereocenters.